The second kappa shape index (κ2) is 4.87. The molecule has 1 amide bonds. The fraction of sp³-hybridized carbons (Fsp3) is 0.533. The Balaban J connectivity index is 1.46. The Hall–Kier alpha value is -2.25. The molecule has 0 saturated carbocycles. The SMILES string of the molecule is O=C(O)N1[C@@H]2CC[C@H]1C[C@@H](Oc1ccc3c(c1)OC(F)(F)O3)C2. The zero-order valence-electron chi connectivity index (χ0n) is 12.1. The highest BCUT2D eigenvalue weighted by Gasteiger charge is 2.45. The van der Waals surface area contributed by atoms with E-state index in [-0.39, 0.29) is 29.7 Å². The first-order chi connectivity index (χ1) is 10.9. The van der Waals surface area contributed by atoms with Crippen LogP contribution in [0.1, 0.15) is 25.7 Å². The predicted octanol–water partition coefficient (Wildman–Crippen LogP) is 3.06. The quantitative estimate of drug-likeness (QED) is 0.904. The number of benzene rings is 1. The van der Waals surface area contributed by atoms with Gasteiger partial charge in [0.2, 0.25) is 0 Å². The molecule has 2 fully saturated rings. The van der Waals surface area contributed by atoms with Gasteiger partial charge in [0.25, 0.3) is 0 Å². The standard InChI is InChI=1S/C15H15F2NO5/c16-15(17)22-12-4-3-10(7-13(12)23-15)21-11-5-8-1-2-9(6-11)18(8)14(19)20/h3-4,7-9,11H,1-2,5-6H2,(H,19,20)/t8-,9+,11+. The Labute approximate surface area is 130 Å². The summed E-state index contributed by atoms with van der Waals surface area (Å²) in [4.78, 5) is 12.8. The Morgan fingerprint density at radius 3 is 2.52 bits per heavy atom. The number of carboxylic acid groups (broad SMARTS) is 1. The average Bonchev–Trinajstić information content (AvgIpc) is 2.91. The zero-order valence-corrected chi connectivity index (χ0v) is 12.1. The maximum Gasteiger partial charge on any atom is 0.586 e. The van der Waals surface area contributed by atoms with E-state index in [1.165, 1.54) is 17.0 Å². The lowest BCUT2D eigenvalue weighted by molar-refractivity contribution is -0.286. The molecule has 23 heavy (non-hydrogen) atoms. The molecule has 0 spiro atoms. The highest BCUT2D eigenvalue weighted by molar-refractivity contribution is 5.66. The average molecular weight is 327 g/mol. The summed E-state index contributed by atoms with van der Waals surface area (Å²) in [6.07, 6.45) is -1.78. The van der Waals surface area contributed by atoms with Crippen molar-refractivity contribution in [3.05, 3.63) is 18.2 Å². The monoisotopic (exact) mass is 327 g/mol. The van der Waals surface area contributed by atoms with E-state index >= 15 is 0 Å². The molecule has 2 bridgehead atoms. The minimum atomic E-state index is -3.65. The van der Waals surface area contributed by atoms with Gasteiger partial charge in [-0.25, -0.2) is 4.79 Å². The van der Waals surface area contributed by atoms with Crippen molar-refractivity contribution in [2.75, 3.05) is 0 Å². The molecule has 1 aromatic rings. The van der Waals surface area contributed by atoms with Crippen molar-refractivity contribution in [1.29, 1.82) is 0 Å². The Morgan fingerprint density at radius 2 is 1.87 bits per heavy atom. The lowest BCUT2D eigenvalue weighted by atomic mass is 10.0. The second-order valence-corrected chi connectivity index (χ2v) is 6.06. The third-order valence-corrected chi connectivity index (χ3v) is 4.59. The number of alkyl halides is 2. The van der Waals surface area contributed by atoms with Crippen LogP contribution in [0, 0.1) is 0 Å². The Kier molecular flexibility index (Phi) is 3.04. The van der Waals surface area contributed by atoms with Crippen molar-refractivity contribution in [3.63, 3.8) is 0 Å². The van der Waals surface area contributed by atoms with Gasteiger partial charge in [-0.3, -0.25) is 0 Å². The minimum absolute atomic E-state index is 0.0249. The molecular weight excluding hydrogens is 312 g/mol. The van der Waals surface area contributed by atoms with Crippen LogP contribution in [-0.2, 0) is 0 Å². The fourth-order valence-electron chi connectivity index (χ4n) is 3.73. The maximum atomic E-state index is 13.0. The van der Waals surface area contributed by atoms with Crippen LogP contribution >= 0.6 is 0 Å². The summed E-state index contributed by atoms with van der Waals surface area (Å²) < 4.78 is 40.6. The van der Waals surface area contributed by atoms with Crippen LogP contribution in [0.4, 0.5) is 13.6 Å². The molecule has 124 valence electrons. The van der Waals surface area contributed by atoms with Crippen LogP contribution in [0.5, 0.6) is 17.2 Å². The first-order valence-electron chi connectivity index (χ1n) is 7.49. The van der Waals surface area contributed by atoms with Gasteiger partial charge in [-0.15, -0.1) is 8.78 Å². The van der Waals surface area contributed by atoms with E-state index in [1.54, 1.807) is 6.07 Å². The summed E-state index contributed by atoms with van der Waals surface area (Å²) in [7, 11) is 0. The van der Waals surface area contributed by atoms with Crippen molar-refractivity contribution in [1.82, 2.24) is 4.90 Å². The summed E-state index contributed by atoms with van der Waals surface area (Å²) in [6.45, 7) is 0. The zero-order chi connectivity index (χ0) is 16.2. The molecule has 4 rings (SSSR count). The molecule has 1 N–H and O–H groups in total. The number of amides is 1. The van der Waals surface area contributed by atoms with Gasteiger partial charge < -0.3 is 24.2 Å². The molecule has 0 aliphatic carbocycles. The Bertz CT molecular complexity index is 639. The van der Waals surface area contributed by atoms with E-state index in [9.17, 15) is 18.7 Å². The second-order valence-electron chi connectivity index (χ2n) is 6.06. The van der Waals surface area contributed by atoms with E-state index in [4.69, 9.17) is 4.74 Å². The number of fused-ring (bicyclic) bond motifs is 3. The molecule has 2 saturated heterocycles. The van der Waals surface area contributed by atoms with Gasteiger partial charge in [0.05, 0.1) is 0 Å². The van der Waals surface area contributed by atoms with Gasteiger partial charge in [-0.05, 0) is 25.0 Å². The smallest absolute Gasteiger partial charge is 0.490 e. The number of nitrogens with zero attached hydrogens (tertiary/aromatic N) is 1. The molecule has 8 heteroatoms. The van der Waals surface area contributed by atoms with Crippen LogP contribution in [-0.4, -0.2) is 40.6 Å². The highest BCUT2D eigenvalue weighted by atomic mass is 19.3. The first-order valence-corrected chi connectivity index (χ1v) is 7.49. The summed E-state index contributed by atoms with van der Waals surface area (Å²) in [5, 5.41) is 9.23. The molecule has 0 radical (unpaired) electrons. The summed E-state index contributed by atoms with van der Waals surface area (Å²) >= 11 is 0. The molecule has 3 atom stereocenters. The maximum absolute atomic E-state index is 13.0. The first kappa shape index (κ1) is 14.3. The molecule has 3 heterocycles. The largest absolute Gasteiger partial charge is 0.586 e. The number of piperidine rings is 1. The molecule has 1 aromatic carbocycles. The number of carbonyl (C=O) groups is 1. The van der Waals surface area contributed by atoms with E-state index in [2.05, 4.69) is 9.47 Å². The molecule has 3 aliphatic rings. The van der Waals surface area contributed by atoms with Crippen LogP contribution in [0.15, 0.2) is 18.2 Å². The fourth-order valence-corrected chi connectivity index (χ4v) is 3.73. The van der Waals surface area contributed by atoms with Crippen LogP contribution in [0.3, 0.4) is 0 Å². The summed E-state index contributed by atoms with van der Waals surface area (Å²) in [5.74, 6) is 0.333. The summed E-state index contributed by atoms with van der Waals surface area (Å²) in [6, 6.07) is 4.24. The minimum Gasteiger partial charge on any atom is -0.490 e. The van der Waals surface area contributed by atoms with Crippen molar-refractivity contribution >= 4 is 6.09 Å². The lowest BCUT2D eigenvalue weighted by Gasteiger charge is -2.37. The molecule has 6 nitrogen and oxygen atoms in total. The third-order valence-electron chi connectivity index (χ3n) is 4.59. The Morgan fingerprint density at radius 1 is 1.22 bits per heavy atom. The number of ether oxygens (including phenoxy) is 3. The predicted molar refractivity (Wildman–Crippen MR) is 73.0 cm³/mol. The number of hydrogen-bond donors (Lipinski definition) is 1. The van der Waals surface area contributed by atoms with Crippen LogP contribution in [0.2, 0.25) is 0 Å². The van der Waals surface area contributed by atoms with Gasteiger partial charge in [0.1, 0.15) is 11.9 Å². The third kappa shape index (κ3) is 2.51. The topological polar surface area (TPSA) is 68.2 Å². The van der Waals surface area contributed by atoms with Gasteiger partial charge in [0.15, 0.2) is 11.5 Å². The number of hydrogen-bond acceptors (Lipinski definition) is 4. The van der Waals surface area contributed by atoms with Crippen molar-refractivity contribution in [2.24, 2.45) is 0 Å². The van der Waals surface area contributed by atoms with Crippen molar-refractivity contribution in [2.45, 2.75) is 50.2 Å². The van der Waals surface area contributed by atoms with E-state index in [1.807, 2.05) is 0 Å². The highest BCUT2D eigenvalue weighted by Crippen LogP contribution is 2.44. The normalized spacial score (nSPS) is 30.3. The van der Waals surface area contributed by atoms with Gasteiger partial charge >= 0.3 is 12.4 Å². The molecule has 3 aliphatic heterocycles. The van der Waals surface area contributed by atoms with Crippen LogP contribution in [0.25, 0.3) is 0 Å². The molecule has 0 aromatic heterocycles. The van der Waals surface area contributed by atoms with Crippen molar-refractivity contribution < 1.29 is 32.9 Å². The van der Waals surface area contributed by atoms with Crippen molar-refractivity contribution in [3.8, 4) is 17.2 Å². The number of halogens is 2. The number of rotatable bonds is 2. The van der Waals surface area contributed by atoms with Gasteiger partial charge in [0, 0.05) is 31.0 Å². The lowest BCUT2D eigenvalue weighted by Crippen LogP contribution is -2.48. The van der Waals surface area contributed by atoms with Gasteiger partial charge in [-0.1, -0.05) is 0 Å². The molecular formula is C15H15F2NO5. The van der Waals surface area contributed by atoms with E-state index in [0.717, 1.165) is 12.8 Å². The summed E-state index contributed by atoms with van der Waals surface area (Å²) in [5.41, 5.74) is 0. The molecule has 0 unspecified atom stereocenters. The van der Waals surface area contributed by atoms with Gasteiger partial charge in [-0.2, -0.15) is 0 Å². The van der Waals surface area contributed by atoms with Crippen LogP contribution < -0.4 is 14.2 Å². The van der Waals surface area contributed by atoms with E-state index in [0.29, 0.717) is 18.6 Å². The van der Waals surface area contributed by atoms with E-state index < -0.39 is 12.4 Å².